The molecule has 5 nitrogen and oxygen atoms in total. The lowest BCUT2D eigenvalue weighted by Gasteiger charge is -2.31. The fourth-order valence-corrected chi connectivity index (χ4v) is 3.52. The molecule has 0 aromatic carbocycles. The third-order valence-corrected chi connectivity index (χ3v) is 4.22. The summed E-state index contributed by atoms with van der Waals surface area (Å²) in [7, 11) is -3.28. The van der Waals surface area contributed by atoms with Gasteiger partial charge in [0.15, 0.2) is 0 Å². The Morgan fingerprint density at radius 3 is 2.83 bits per heavy atom. The van der Waals surface area contributed by atoms with Crippen LogP contribution in [0, 0.1) is 0 Å². The molecule has 0 amide bonds. The SMILES string of the molecule is CC(C)OCC12CCCN1C/C(=N\S(C)(=O)=O)C2. The van der Waals surface area contributed by atoms with Crippen molar-refractivity contribution in [3.63, 3.8) is 0 Å². The maximum atomic E-state index is 11.2. The minimum absolute atomic E-state index is 0.00616. The molecule has 6 heteroatoms. The van der Waals surface area contributed by atoms with Gasteiger partial charge in [0.2, 0.25) is 10.0 Å². The number of sulfonamides is 1. The van der Waals surface area contributed by atoms with Crippen LogP contribution in [0.15, 0.2) is 4.40 Å². The standard InChI is InChI=1S/C12H22N2O3S/c1-10(2)17-9-12-5-4-6-14(12)8-11(7-12)13-18(3,15)16/h10H,4-9H2,1-3H3/b13-11-. The molecule has 18 heavy (non-hydrogen) atoms. The van der Waals surface area contributed by atoms with Crippen LogP contribution in [0.25, 0.3) is 0 Å². The summed E-state index contributed by atoms with van der Waals surface area (Å²) >= 11 is 0. The molecule has 0 aromatic rings. The number of rotatable bonds is 4. The van der Waals surface area contributed by atoms with Gasteiger partial charge in [-0.1, -0.05) is 0 Å². The van der Waals surface area contributed by atoms with Crippen LogP contribution in [0.1, 0.15) is 33.1 Å². The quantitative estimate of drug-likeness (QED) is 0.769. The average molecular weight is 274 g/mol. The molecule has 0 aliphatic carbocycles. The Morgan fingerprint density at radius 1 is 1.50 bits per heavy atom. The van der Waals surface area contributed by atoms with Crippen molar-refractivity contribution in [2.24, 2.45) is 4.40 Å². The number of hydrogen-bond donors (Lipinski definition) is 0. The molecular weight excluding hydrogens is 252 g/mol. The van der Waals surface area contributed by atoms with Crippen molar-refractivity contribution < 1.29 is 13.2 Å². The Balaban J connectivity index is 2.12. The van der Waals surface area contributed by atoms with Gasteiger partial charge in [-0.05, 0) is 33.2 Å². The summed E-state index contributed by atoms with van der Waals surface area (Å²) in [6, 6.07) is 0. The highest BCUT2D eigenvalue weighted by molar-refractivity contribution is 7.89. The highest BCUT2D eigenvalue weighted by Crippen LogP contribution is 2.38. The fourth-order valence-electron chi connectivity index (χ4n) is 2.93. The van der Waals surface area contributed by atoms with Crippen molar-refractivity contribution in [3.8, 4) is 0 Å². The molecule has 1 atom stereocenters. The first kappa shape index (κ1) is 14.0. The third kappa shape index (κ3) is 3.10. The first-order valence-electron chi connectivity index (χ1n) is 6.45. The lowest BCUT2D eigenvalue weighted by atomic mass is 9.94. The Kier molecular flexibility index (Phi) is 3.80. The largest absolute Gasteiger partial charge is 0.377 e. The van der Waals surface area contributed by atoms with E-state index in [9.17, 15) is 8.42 Å². The molecule has 2 heterocycles. The Labute approximate surface area is 109 Å². The molecule has 104 valence electrons. The first-order chi connectivity index (χ1) is 8.31. The van der Waals surface area contributed by atoms with Gasteiger partial charge in [0.25, 0.3) is 0 Å². The second-order valence-electron chi connectivity index (χ2n) is 5.68. The second kappa shape index (κ2) is 4.90. The van der Waals surface area contributed by atoms with E-state index in [2.05, 4.69) is 9.30 Å². The van der Waals surface area contributed by atoms with Crippen molar-refractivity contribution in [3.05, 3.63) is 0 Å². The van der Waals surface area contributed by atoms with E-state index in [0.29, 0.717) is 13.2 Å². The predicted octanol–water partition coefficient (Wildman–Crippen LogP) is 1.05. The summed E-state index contributed by atoms with van der Waals surface area (Å²) in [5, 5.41) is 0. The molecule has 0 radical (unpaired) electrons. The van der Waals surface area contributed by atoms with Crippen LogP contribution in [0.2, 0.25) is 0 Å². The van der Waals surface area contributed by atoms with E-state index < -0.39 is 10.0 Å². The monoisotopic (exact) mass is 274 g/mol. The van der Waals surface area contributed by atoms with Gasteiger partial charge in [-0.3, -0.25) is 4.90 Å². The summed E-state index contributed by atoms with van der Waals surface area (Å²) in [4.78, 5) is 2.33. The van der Waals surface area contributed by atoms with Crippen LogP contribution < -0.4 is 0 Å². The van der Waals surface area contributed by atoms with Crippen LogP contribution in [-0.2, 0) is 14.8 Å². The van der Waals surface area contributed by atoms with Crippen molar-refractivity contribution in [2.75, 3.05) is 26.0 Å². The minimum Gasteiger partial charge on any atom is -0.377 e. The number of ether oxygens (including phenoxy) is 1. The van der Waals surface area contributed by atoms with Gasteiger partial charge >= 0.3 is 0 Å². The zero-order valence-corrected chi connectivity index (χ0v) is 12.2. The van der Waals surface area contributed by atoms with Crippen molar-refractivity contribution in [2.45, 2.75) is 44.8 Å². The maximum Gasteiger partial charge on any atom is 0.250 e. The summed E-state index contributed by atoms with van der Waals surface area (Å²) in [6.07, 6.45) is 4.32. The summed E-state index contributed by atoms with van der Waals surface area (Å²) in [5.41, 5.74) is 0.776. The lowest BCUT2D eigenvalue weighted by Crippen LogP contribution is -2.43. The van der Waals surface area contributed by atoms with E-state index in [0.717, 1.165) is 37.8 Å². The van der Waals surface area contributed by atoms with Crippen LogP contribution in [0.4, 0.5) is 0 Å². The molecule has 2 saturated heterocycles. The first-order valence-corrected chi connectivity index (χ1v) is 8.30. The Hall–Kier alpha value is -0.460. The van der Waals surface area contributed by atoms with Gasteiger partial charge in [-0.2, -0.15) is 4.40 Å². The van der Waals surface area contributed by atoms with Gasteiger partial charge in [-0.25, -0.2) is 8.42 Å². The normalized spacial score (nSPS) is 31.4. The zero-order valence-electron chi connectivity index (χ0n) is 11.3. The number of hydrogen-bond acceptors (Lipinski definition) is 4. The summed E-state index contributed by atoms with van der Waals surface area (Å²) in [5.74, 6) is 0. The molecule has 0 aromatic heterocycles. The van der Waals surface area contributed by atoms with Crippen molar-refractivity contribution in [1.29, 1.82) is 0 Å². The minimum atomic E-state index is -3.28. The van der Waals surface area contributed by atoms with Gasteiger partial charge in [0.1, 0.15) is 0 Å². The van der Waals surface area contributed by atoms with Gasteiger partial charge in [0.05, 0.1) is 19.0 Å². The van der Waals surface area contributed by atoms with E-state index in [4.69, 9.17) is 4.74 Å². The van der Waals surface area contributed by atoms with Crippen molar-refractivity contribution >= 4 is 15.7 Å². The van der Waals surface area contributed by atoms with E-state index in [-0.39, 0.29) is 11.6 Å². The van der Waals surface area contributed by atoms with E-state index in [1.807, 2.05) is 13.8 Å². The molecule has 2 rings (SSSR count). The topological polar surface area (TPSA) is 59.0 Å². The third-order valence-electron chi connectivity index (χ3n) is 3.63. The van der Waals surface area contributed by atoms with E-state index >= 15 is 0 Å². The van der Waals surface area contributed by atoms with Crippen LogP contribution in [-0.4, -0.2) is 56.6 Å². The van der Waals surface area contributed by atoms with E-state index in [1.165, 1.54) is 0 Å². The average Bonchev–Trinajstić information content (AvgIpc) is 2.68. The molecule has 0 spiro atoms. The van der Waals surface area contributed by atoms with Crippen LogP contribution in [0.3, 0.4) is 0 Å². The Morgan fingerprint density at radius 2 is 2.22 bits per heavy atom. The molecule has 2 aliphatic heterocycles. The molecule has 0 saturated carbocycles. The fraction of sp³-hybridized carbons (Fsp3) is 0.917. The number of fused-ring (bicyclic) bond motifs is 1. The molecule has 2 fully saturated rings. The second-order valence-corrected chi connectivity index (χ2v) is 7.33. The summed E-state index contributed by atoms with van der Waals surface area (Å²) in [6.45, 7) is 6.42. The summed E-state index contributed by atoms with van der Waals surface area (Å²) < 4.78 is 32.1. The van der Waals surface area contributed by atoms with Gasteiger partial charge < -0.3 is 4.74 Å². The molecule has 0 bridgehead atoms. The molecule has 1 unspecified atom stereocenters. The van der Waals surface area contributed by atoms with Gasteiger partial charge in [-0.15, -0.1) is 0 Å². The highest BCUT2D eigenvalue weighted by atomic mass is 32.2. The maximum absolute atomic E-state index is 11.2. The lowest BCUT2D eigenvalue weighted by molar-refractivity contribution is 0.00340. The number of nitrogens with zero attached hydrogens (tertiary/aromatic N) is 2. The molecule has 0 N–H and O–H groups in total. The van der Waals surface area contributed by atoms with Crippen LogP contribution >= 0.6 is 0 Å². The smallest absolute Gasteiger partial charge is 0.250 e. The van der Waals surface area contributed by atoms with Gasteiger partial charge in [0, 0.05) is 24.2 Å². The molecular formula is C12H22N2O3S. The molecule has 2 aliphatic rings. The zero-order chi connectivity index (χ0) is 13.4. The predicted molar refractivity (Wildman–Crippen MR) is 71.5 cm³/mol. The van der Waals surface area contributed by atoms with Crippen LogP contribution in [0.5, 0.6) is 0 Å². The highest BCUT2D eigenvalue weighted by Gasteiger charge is 2.47. The van der Waals surface area contributed by atoms with Crippen molar-refractivity contribution in [1.82, 2.24) is 4.90 Å². The van der Waals surface area contributed by atoms with E-state index in [1.54, 1.807) is 0 Å². The Bertz CT molecular complexity index is 444.